The smallest absolute Gasteiger partial charge is 0.326 e. The van der Waals surface area contributed by atoms with Crippen LogP contribution in [0.5, 0.6) is 0 Å². The van der Waals surface area contributed by atoms with E-state index in [0.29, 0.717) is 0 Å². The van der Waals surface area contributed by atoms with E-state index < -0.39 is 30.4 Å². The van der Waals surface area contributed by atoms with E-state index >= 15 is 0 Å². The summed E-state index contributed by atoms with van der Waals surface area (Å²) in [6.07, 6.45) is -0.375. The molecule has 0 aliphatic heterocycles. The summed E-state index contributed by atoms with van der Waals surface area (Å²) in [4.78, 5) is 35.4. The van der Waals surface area contributed by atoms with Crippen molar-refractivity contribution in [1.29, 1.82) is 5.26 Å². The Morgan fingerprint density at radius 2 is 2.00 bits per heavy atom. The maximum Gasteiger partial charge on any atom is 0.326 e. The number of hydrogen-bond donors (Lipinski definition) is 2. The fourth-order valence-corrected chi connectivity index (χ4v) is 1.39. The van der Waals surface area contributed by atoms with Gasteiger partial charge in [-0.3, -0.25) is 4.79 Å². The summed E-state index contributed by atoms with van der Waals surface area (Å²) in [5, 5.41) is 19.8. The van der Waals surface area contributed by atoms with Gasteiger partial charge in [-0.05, 0) is 0 Å². The summed E-state index contributed by atoms with van der Waals surface area (Å²) >= 11 is 0. The number of aliphatic carboxylic acids is 1. The number of carboxylic acids is 1. The van der Waals surface area contributed by atoms with Crippen LogP contribution < -0.4 is 5.32 Å². The number of hydrogen-bond acceptors (Lipinski definition) is 6. The zero-order valence-corrected chi connectivity index (χ0v) is 12.0. The summed E-state index contributed by atoms with van der Waals surface area (Å²) in [6.45, 7) is 0.582. The van der Waals surface area contributed by atoms with Crippen LogP contribution in [0.2, 0.25) is 0 Å². The van der Waals surface area contributed by atoms with E-state index in [9.17, 15) is 14.4 Å². The highest BCUT2D eigenvalue weighted by Gasteiger charge is 2.25. The molecular weight excluding hydrogens is 282 g/mol. The highest BCUT2D eigenvalue weighted by molar-refractivity contribution is 5.86. The molecule has 0 saturated heterocycles. The van der Waals surface area contributed by atoms with Crippen LogP contribution in [-0.4, -0.2) is 67.9 Å². The molecule has 0 aromatic carbocycles. The van der Waals surface area contributed by atoms with E-state index in [4.69, 9.17) is 15.1 Å². The molecule has 0 bridgehead atoms. The maximum atomic E-state index is 12.0. The number of carbonyl (C=O) groups excluding carboxylic acids is 2. The van der Waals surface area contributed by atoms with Gasteiger partial charge in [-0.2, -0.15) is 5.26 Å². The number of carboxylic acid groups (broad SMARTS) is 1. The number of carbonyl (C=O) groups is 3. The second-order valence-corrected chi connectivity index (χ2v) is 4.01. The molecule has 0 fully saturated rings. The standard InChI is InChI=1S/C12H19N3O6/c1-20-7-6-15(5-3-4-13)12(19)14-9(11(17)18)8-10(16)21-2/h9H,3,5-8H2,1-2H3,(H,14,19)(H,17,18)/t9-/m0/s1. The Bertz CT molecular complexity index is 406. The molecule has 2 N–H and O–H groups in total. The van der Waals surface area contributed by atoms with Gasteiger partial charge < -0.3 is 24.8 Å². The van der Waals surface area contributed by atoms with Crippen molar-refractivity contribution in [2.75, 3.05) is 33.9 Å². The van der Waals surface area contributed by atoms with E-state index in [1.807, 2.05) is 6.07 Å². The Labute approximate surface area is 122 Å². The predicted molar refractivity (Wildman–Crippen MR) is 70.3 cm³/mol. The van der Waals surface area contributed by atoms with E-state index in [-0.39, 0.29) is 26.1 Å². The van der Waals surface area contributed by atoms with E-state index in [1.54, 1.807) is 0 Å². The summed E-state index contributed by atoms with van der Waals surface area (Å²) in [6, 6.07) is -0.179. The fourth-order valence-electron chi connectivity index (χ4n) is 1.39. The van der Waals surface area contributed by atoms with Crippen LogP contribution in [0, 0.1) is 11.3 Å². The lowest BCUT2D eigenvalue weighted by Gasteiger charge is -2.23. The lowest BCUT2D eigenvalue weighted by Crippen LogP contribution is -2.49. The van der Waals surface area contributed by atoms with E-state index in [2.05, 4.69) is 10.1 Å². The Morgan fingerprint density at radius 3 is 2.48 bits per heavy atom. The Hall–Kier alpha value is -2.34. The first kappa shape index (κ1) is 18.7. The molecule has 0 unspecified atom stereocenters. The average molecular weight is 301 g/mol. The minimum atomic E-state index is -1.39. The minimum absolute atomic E-state index is 0.103. The van der Waals surface area contributed by atoms with Crippen molar-refractivity contribution in [3.8, 4) is 6.07 Å². The van der Waals surface area contributed by atoms with Gasteiger partial charge in [0.15, 0.2) is 0 Å². The number of methoxy groups -OCH3 is 2. The van der Waals surface area contributed by atoms with Gasteiger partial charge in [-0.1, -0.05) is 0 Å². The average Bonchev–Trinajstić information content (AvgIpc) is 2.46. The minimum Gasteiger partial charge on any atom is -0.480 e. The summed E-state index contributed by atoms with van der Waals surface area (Å²) in [5.74, 6) is -2.09. The van der Waals surface area contributed by atoms with Crippen molar-refractivity contribution in [2.45, 2.75) is 18.9 Å². The Morgan fingerprint density at radius 1 is 1.33 bits per heavy atom. The summed E-state index contributed by atoms with van der Waals surface area (Å²) in [5.41, 5.74) is 0. The Balaban J connectivity index is 4.69. The van der Waals surface area contributed by atoms with Crippen LogP contribution >= 0.6 is 0 Å². The number of ether oxygens (including phenoxy) is 2. The molecule has 0 heterocycles. The molecular formula is C12H19N3O6. The number of esters is 1. The molecule has 118 valence electrons. The third-order valence-electron chi connectivity index (χ3n) is 2.54. The van der Waals surface area contributed by atoms with Gasteiger partial charge >= 0.3 is 18.0 Å². The molecule has 0 spiro atoms. The molecule has 0 aliphatic carbocycles. The van der Waals surface area contributed by atoms with Crippen molar-refractivity contribution >= 4 is 18.0 Å². The van der Waals surface area contributed by atoms with Crippen LogP contribution in [-0.2, 0) is 19.1 Å². The Kier molecular flexibility index (Phi) is 9.28. The molecule has 0 aromatic rings. The fraction of sp³-hybridized carbons (Fsp3) is 0.667. The molecule has 9 nitrogen and oxygen atoms in total. The molecule has 0 aromatic heterocycles. The molecule has 0 rings (SSSR count). The first-order chi connectivity index (χ1) is 9.96. The molecule has 0 aliphatic rings. The third kappa shape index (κ3) is 7.74. The van der Waals surface area contributed by atoms with Crippen LogP contribution in [0.4, 0.5) is 4.79 Å². The van der Waals surface area contributed by atoms with Gasteiger partial charge in [0.2, 0.25) is 0 Å². The molecule has 1 atom stereocenters. The monoisotopic (exact) mass is 301 g/mol. The van der Waals surface area contributed by atoms with Crippen LogP contribution in [0.25, 0.3) is 0 Å². The van der Waals surface area contributed by atoms with Crippen LogP contribution in [0.1, 0.15) is 12.8 Å². The number of rotatable bonds is 9. The molecule has 2 amide bonds. The van der Waals surface area contributed by atoms with Gasteiger partial charge in [0.1, 0.15) is 6.04 Å². The third-order valence-corrected chi connectivity index (χ3v) is 2.54. The van der Waals surface area contributed by atoms with Gasteiger partial charge in [0.25, 0.3) is 0 Å². The number of nitriles is 1. The summed E-state index contributed by atoms with van der Waals surface area (Å²) in [7, 11) is 2.58. The van der Waals surface area contributed by atoms with Crippen molar-refractivity contribution < 1.29 is 29.0 Å². The van der Waals surface area contributed by atoms with Crippen molar-refractivity contribution in [3.63, 3.8) is 0 Å². The zero-order chi connectivity index (χ0) is 16.3. The molecule has 9 heteroatoms. The quantitative estimate of drug-likeness (QED) is 0.553. The predicted octanol–water partition coefficient (Wildman–Crippen LogP) is -0.426. The number of nitrogens with zero attached hydrogens (tertiary/aromatic N) is 2. The molecule has 0 saturated carbocycles. The second-order valence-electron chi connectivity index (χ2n) is 4.01. The zero-order valence-electron chi connectivity index (χ0n) is 12.0. The maximum absolute atomic E-state index is 12.0. The van der Waals surface area contributed by atoms with E-state index in [1.165, 1.54) is 12.0 Å². The largest absolute Gasteiger partial charge is 0.480 e. The highest BCUT2D eigenvalue weighted by atomic mass is 16.5. The first-order valence-electron chi connectivity index (χ1n) is 6.17. The van der Waals surface area contributed by atoms with Crippen molar-refractivity contribution in [3.05, 3.63) is 0 Å². The van der Waals surface area contributed by atoms with Gasteiger partial charge in [-0.15, -0.1) is 0 Å². The molecule has 21 heavy (non-hydrogen) atoms. The number of amides is 2. The topological polar surface area (TPSA) is 129 Å². The molecule has 0 radical (unpaired) electrons. The number of nitrogens with one attached hydrogen (secondary N) is 1. The van der Waals surface area contributed by atoms with Gasteiger partial charge in [0, 0.05) is 20.2 Å². The van der Waals surface area contributed by atoms with E-state index in [0.717, 1.165) is 7.11 Å². The van der Waals surface area contributed by atoms with Gasteiger partial charge in [-0.25, -0.2) is 9.59 Å². The number of urea groups is 1. The second kappa shape index (κ2) is 10.4. The first-order valence-corrected chi connectivity index (χ1v) is 6.17. The lowest BCUT2D eigenvalue weighted by molar-refractivity contribution is -0.147. The highest BCUT2D eigenvalue weighted by Crippen LogP contribution is 1.99. The van der Waals surface area contributed by atoms with Crippen LogP contribution in [0.3, 0.4) is 0 Å². The van der Waals surface area contributed by atoms with Gasteiger partial charge in [0.05, 0.1) is 32.6 Å². The summed E-state index contributed by atoms with van der Waals surface area (Å²) < 4.78 is 9.21. The lowest BCUT2D eigenvalue weighted by atomic mass is 10.2. The SMILES string of the molecule is COCCN(CCC#N)C(=O)N[C@@H](CC(=O)OC)C(=O)O. The normalized spacial score (nSPS) is 11.1. The van der Waals surface area contributed by atoms with Crippen molar-refractivity contribution in [2.24, 2.45) is 0 Å². The van der Waals surface area contributed by atoms with Crippen molar-refractivity contribution in [1.82, 2.24) is 10.2 Å². The van der Waals surface area contributed by atoms with Crippen LogP contribution in [0.15, 0.2) is 0 Å².